The first-order valence-electron chi connectivity index (χ1n) is 5.50. The van der Waals surface area contributed by atoms with Crippen LogP contribution in [-0.2, 0) is 0 Å². The fraction of sp³-hybridized carbons (Fsp3) is 0. The summed E-state index contributed by atoms with van der Waals surface area (Å²) in [6, 6.07) is 5.00. The Balaban J connectivity index is 1.75. The van der Waals surface area contributed by atoms with Crippen molar-refractivity contribution in [1.82, 2.24) is 19.7 Å². The van der Waals surface area contributed by atoms with Crippen LogP contribution in [-0.4, -0.2) is 25.7 Å². The van der Waals surface area contributed by atoms with E-state index in [9.17, 15) is 4.79 Å². The molecule has 3 aromatic rings. The van der Waals surface area contributed by atoms with E-state index in [1.165, 1.54) is 23.3 Å². The van der Waals surface area contributed by atoms with Gasteiger partial charge in [-0.25, -0.2) is 14.6 Å². The summed E-state index contributed by atoms with van der Waals surface area (Å²) in [5.41, 5.74) is 0.484. The van der Waals surface area contributed by atoms with Crippen LogP contribution in [0.2, 0.25) is 0 Å². The third-order valence-electron chi connectivity index (χ3n) is 2.35. The van der Waals surface area contributed by atoms with Gasteiger partial charge in [-0.1, -0.05) is 0 Å². The fourth-order valence-electron chi connectivity index (χ4n) is 1.49. The summed E-state index contributed by atoms with van der Waals surface area (Å²) in [6.07, 6.45) is 7.81. The molecule has 0 bridgehead atoms. The van der Waals surface area contributed by atoms with Gasteiger partial charge in [0.15, 0.2) is 5.76 Å². The van der Waals surface area contributed by atoms with E-state index >= 15 is 0 Å². The lowest BCUT2D eigenvalue weighted by molar-refractivity contribution is 0.0996. The van der Waals surface area contributed by atoms with E-state index < -0.39 is 0 Å². The predicted molar refractivity (Wildman–Crippen MR) is 65.8 cm³/mol. The zero-order valence-electron chi connectivity index (χ0n) is 9.72. The van der Waals surface area contributed by atoms with Crippen molar-refractivity contribution >= 4 is 11.6 Å². The smallest absolute Gasteiger partial charge is 0.291 e. The number of nitrogens with zero attached hydrogens (tertiary/aromatic N) is 4. The van der Waals surface area contributed by atoms with Crippen molar-refractivity contribution in [2.24, 2.45) is 0 Å². The lowest BCUT2D eigenvalue weighted by atomic mass is 10.4. The minimum atomic E-state index is -0.347. The quantitative estimate of drug-likeness (QED) is 0.766. The second kappa shape index (κ2) is 4.73. The van der Waals surface area contributed by atoms with E-state index in [1.54, 1.807) is 30.6 Å². The van der Waals surface area contributed by atoms with E-state index in [2.05, 4.69) is 20.4 Å². The van der Waals surface area contributed by atoms with E-state index in [0.717, 1.165) is 0 Å². The van der Waals surface area contributed by atoms with Crippen LogP contribution in [0.15, 0.2) is 53.7 Å². The molecule has 0 saturated carbocycles. The summed E-state index contributed by atoms with van der Waals surface area (Å²) in [6.45, 7) is 0. The first-order chi connectivity index (χ1) is 9.33. The van der Waals surface area contributed by atoms with Gasteiger partial charge >= 0.3 is 0 Å². The molecule has 0 saturated heterocycles. The maximum atomic E-state index is 11.7. The molecule has 94 valence electrons. The highest BCUT2D eigenvalue weighted by molar-refractivity contribution is 6.01. The van der Waals surface area contributed by atoms with E-state index in [-0.39, 0.29) is 11.7 Å². The minimum absolute atomic E-state index is 0.233. The van der Waals surface area contributed by atoms with Crippen LogP contribution >= 0.6 is 0 Å². The Morgan fingerprint density at radius 1 is 1.26 bits per heavy atom. The summed E-state index contributed by atoms with van der Waals surface area (Å²) in [7, 11) is 0. The number of furan rings is 1. The van der Waals surface area contributed by atoms with E-state index in [0.29, 0.717) is 11.6 Å². The molecular formula is C12H9N5O2. The standard InChI is InChI=1S/C12H9N5O2/c18-11(10-3-1-6-19-10)16-9-7-13-12(14-8-9)17-5-2-4-15-17/h1-8H,(H,16,18). The normalized spacial score (nSPS) is 10.3. The summed E-state index contributed by atoms with van der Waals surface area (Å²) >= 11 is 0. The Hall–Kier alpha value is -2.96. The molecule has 1 amide bonds. The minimum Gasteiger partial charge on any atom is -0.459 e. The first-order valence-corrected chi connectivity index (χ1v) is 5.50. The number of rotatable bonds is 3. The van der Waals surface area contributed by atoms with Crippen LogP contribution in [0.25, 0.3) is 5.95 Å². The lowest BCUT2D eigenvalue weighted by Crippen LogP contribution is -2.12. The molecule has 3 heterocycles. The topological polar surface area (TPSA) is 85.8 Å². The van der Waals surface area contributed by atoms with E-state index in [1.807, 2.05) is 0 Å². The van der Waals surface area contributed by atoms with E-state index in [4.69, 9.17) is 4.42 Å². The molecule has 0 aromatic carbocycles. The van der Waals surface area contributed by atoms with Crippen LogP contribution in [0.1, 0.15) is 10.6 Å². The van der Waals surface area contributed by atoms with Crippen molar-refractivity contribution in [3.8, 4) is 5.95 Å². The number of anilines is 1. The molecule has 0 aliphatic carbocycles. The van der Waals surface area contributed by atoms with Crippen molar-refractivity contribution in [2.75, 3.05) is 5.32 Å². The maximum Gasteiger partial charge on any atom is 0.291 e. The number of hydrogen-bond acceptors (Lipinski definition) is 5. The maximum absolute atomic E-state index is 11.7. The van der Waals surface area contributed by atoms with Crippen LogP contribution in [0, 0.1) is 0 Å². The Morgan fingerprint density at radius 3 is 2.74 bits per heavy atom. The van der Waals surface area contributed by atoms with Crippen molar-refractivity contribution in [1.29, 1.82) is 0 Å². The molecule has 7 nitrogen and oxygen atoms in total. The summed E-state index contributed by atoms with van der Waals surface area (Å²) < 4.78 is 6.51. The van der Waals surface area contributed by atoms with Crippen molar-refractivity contribution in [2.45, 2.75) is 0 Å². The van der Waals surface area contributed by atoms with Gasteiger partial charge in [-0.2, -0.15) is 5.10 Å². The van der Waals surface area contributed by atoms with Crippen molar-refractivity contribution in [3.63, 3.8) is 0 Å². The van der Waals surface area contributed by atoms with Gasteiger partial charge in [0.05, 0.1) is 24.3 Å². The Labute approximate surface area is 107 Å². The molecular weight excluding hydrogens is 246 g/mol. The number of nitrogens with one attached hydrogen (secondary N) is 1. The number of carbonyl (C=O) groups is 1. The van der Waals surface area contributed by atoms with Gasteiger partial charge in [0.2, 0.25) is 0 Å². The zero-order valence-corrected chi connectivity index (χ0v) is 9.72. The average molecular weight is 255 g/mol. The molecule has 0 aliphatic rings. The summed E-state index contributed by atoms with van der Waals surface area (Å²) in [4.78, 5) is 19.9. The highest BCUT2D eigenvalue weighted by Gasteiger charge is 2.09. The fourth-order valence-corrected chi connectivity index (χ4v) is 1.49. The molecule has 0 unspecified atom stereocenters. The van der Waals surface area contributed by atoms with Crippen LogP contribution in [0.4, 0.5) is 5.69 Å². The highest BCUT2D eigenvalue weighted by Crippen LogP contribution is 2.08. The first kappa shape index (κ1) is 11.1. The third kappa shape index (κ3) is 2.34. The predicted octanol–water partition coefficient (Wildman–Crippen LogP) is 1.51. The molecule has 19 heavy (non-hydrogen) atoms. The Bertz CT molecular complexity index is 659. The average Bonchev–Trinajstić information content (AvgIpc) is 3.13. The Kier molecular flexibility index (Phi) is 2.77. The molecule has 0 fully saturated rings. The summed E-state index contributed by atoms with van der Waals surface area (Å²) in [5, 5.41) is 6.64. The number of aromatic nitrogens is 4. The highest BCUT2D eigenvalue weighted by atomic mass is 16.3. The molecule has 0 radical (unpaired) electrons. The number of carbonyl (C=O) groups excluding carboxylic acids is 1. The second-order valence-electron chi connectivity index (χ2n) is 3.65. The van der Waals surface area contributed by atoms with Crippen molar-refractivity contribution in [3.05, 3.63) is 55.0 Å². The van der Waals surface area contributed by atoms with Gasteiger partial charge in [-0.15, -0.1) is 0 Å². The molecule has 3 rings (SSSR count). The molecule has 0 spiro atoms. The van der Waals surface area contributed by atoms with Crippen LogP contribution in [0.3, 0.4) is 0 Å². The SMILES string of the molecule is O=C(Nc1cnc(-n2cccn2)nc1)c1ccco1. The van der Waals surface area contributed by atoms with Gasteiger partial charge in [0, 0.05) is 12.4 Å². The van der Waals surface area contributed by atoms with Gasteiger partial charge in [-0.3, -0.25) is 4.79 Å². The summed E-state index contributed by atoms with van der Waals surface area (Å²) in [5.74, 6) is 0.317. The van der Waals surface area contributed by atoms with Gasteiger partial charge in [0.25, 0.3) is 11.9 Å². The molecule has 7 heteroatoms. The number of amides is 1. The van der Waals surface area contributed by atoms with Gasteiger partial charge < -0.3 is 9.73 Å². The van der Waals surface area contributed by atoms with Crippen LogP contribution in [0.5, 0.6) is 0 Å². The monoisotopic (exact) mass is 255 g/mol. The Morgan fingerprint density at radius 2 is 2.11 bits per heavy atom. The molecule has 3 aromatic heterocycles. The van der Waals surface area contributed by atoms with Gasteiger partial charge in [0.1, 0.15) is 0 Å². The van der Waals surface area contributed by atoms with Crippen LogP contribution < -0.4 is 5.32 Å². The number of hydrogen-bond donors (Lipinski definition) is 1. The lowest BCUT2D eigenvalue weighted by Gasteiger charge is -2.03. The van der Waals surface area contributed by atoms with Crippen molar-refractivity contribution < 1.29 is 9.21 Å². The molecule has 0 aliphatic heterocycles. The zero-order chi connectivity index (χ0) is 13.1. The molecule has 0 atom stereocenters. The molecule has 1 N–H and O–H groups in total. The second-order valence-corrected chi connectivity index (χ2v) is 3.65. The third-order valence-corrected chi connectivity index (χ3v) is 2.35. The largest absolute Gasteiger partial charge is 0.459 e. The van der Waals surface area contributed by atoms with Gasteiger partial charge in [-0.05, 0) is 18.2 Å².